The molecule has 1 heterocycles. The highest BCUT2D eigenvalue weighted by molar-refractivity contribution is 5.93. The number of carbonyl (C=O) groups is 3. The van der Waals surface area contributed by atoms with E-state index in [4.69, 9.17) is 18.9 Å². The molecule has 0 spiro atoms. The first-order valence-corrected chi connectivity index (χ1v) is 12.4. The maximum atomic E-state index is 13.1. The van der Waals surface area contributed by atoms with Gasteiger partial charge in [-0.3, -0.25) is 0 Å². The normalized spacial score (nSPS) is 21.1. The third-order valence-corrected chi connectivity index (χ3v) is 6.42. The summed E-state index contributed by atoms with van der Waals surface area (Å²) in [7, 11) is 0. The summed E-state index contributed by atoms with van der Waals surface area (Å²) in [6.07, 6.45) is -10.2. The number of aliphatic hydroxyl groups excluding tert-OH is 2. The molecular formula is C27H24O18. The van der Waals surface area contributed by atoms with Gasteiger partial charge in [-0.1, -0.05) is 0 Å². The van der Waals surface area contributed by atoms with Gasteiger partial charge in [0.05, 0.1) is 23.3 Å². The van der Waals surface area contributed by atoms with Gasteiger partial charge in [-0.15, -0.1) is 0 Å². The standard InChI is InChI=1S/C27H24O18/c28-7-17-21(38)22(43-24(39)8-1-11(29)18(35)12(30)2-8)23(44-25(40)9-3-13(31)19(36)14(32)4-9)27(42-17)45-26(41)10-5-15(33)20(37)16(34)6-10/h1-6,17,21-23,27-38H,7H2. The number of hydrogen-bond acceptors (Lipinski definition) is 18. The molecule has 240 valence electrons. The molecule has 0 amide bonds. The number of rotatable bonds is 7. The molecule has 5 unspecified atom stereocenters. The van der Waals surface area contributed by atoms with Crippen molar-refractivity contribution in [3.63, 3.8) is 0 Å². The molecule has 18 heteroatoms. The van der Waals surface area contributed by atoms with Crippen molar-refractivity contribution in [1.29, 1.82) is 0 Å². The smallest absolute Gasteiger partial charge is 0.340 e. The van der Waals surface area contributed by atoms with Crippen LogP contribution in [-0.2, 0) is 18.9 Å². The number of carbonyl (C=O) groups excluding carboxylic acids is 3. The molecule has 18 nitrogen and oxygen atoms in total. The van der Waals surface area contributed by atoms with E-state index in [1.807, 2.05) is 0 Å². The fraction of sp³-hybridized carbons (Fsp3) is 0.222. The van der Waals surface area contributed by atoms with E-state index in [1.54, 1.807) is 0 Å². The number of aliphatic hydroxyl groups is 2. The molecule has 0 radical (unpaired) electrons. The van der Waals surface area contributed by atoms with Gasteiger partial charge in [0.1, 0.15) is 12.2 Å². The summed E-state index contributed by atoms with van der Waals surface area (Å²) in [6.45, 7) is -1.01. The van der Waals surface area contributed by atoms with E-state index in [-0.39, 0.29) is 0 Å². The molecule has 0 bridgehead atoms. The minimum Gasteiger partial charge on any atom is -0.504 e. The summed E-state index contributed by atoms with van der Waals surface area (Å²) < 4.78 is 21.1. The van der Waals surface area contributed by atoms with E-state index in [2.05, 4.69) is 0 Å². The molecule has 1 fully saturated rings. The van der Waals surface area contributed by atoms with Crippen LogP contribution >= 0.6 is 0 Å². The number of ether oxygens (including phenoxy) is 4. The van der Waals surface area contributed by atoms with Crippen molar-refractivity contribution in [2.24, 2.45) is 0 Å². The second-order valence-corrected chi connectivity index (χ2v) is 9.45. The molecule has 1 saturated heterocycles. The van der Waals surface area contributed by atoms with Gasteiger partial charge >= 0.3 is 17.9 Å². The van der Waals surface area contributed by atoms with Gasteiger partial charge in [-0.2, -0.15) is 0 Å². The summed E-state index contributed by atoms with van der Waals surface area (Å²) >= 11 is 0. The minimum atomic E-state index is -2.17. The number of phenolic OH excluding ortho intramolecular Hbond substituents is 9. The van der Waals surface area contributed by atoms with Crippen molar-refractivity contribution in [1.82, 2.24) is 0 Å². The first-order valence-electron chi connectivity index (χ1n) is 12.4. The minimum absolute atomic E-state index is 0.597. The lowest BCUT2D eigenvalue weighted by molar-refractivity contribution is -0.283. The molecular weight excluding hydrogens is 612 g/mol. The summed E-state index contributed by atoms with van der Waals surface area (Å²) in [4.78, 5) is 39.0. The van der Waals surface area contributed by atoms with E-state index < -0.39 is 124 Å². The highest BCUT2D eigenvalue weighted by Gasteiger charge is 2.52. The van der Waals surface area contributed by atoms with E-state index in [1.165, 1.54) is 0 Å². The molecule has 3 aromatic rings. The third kappa shape index (κ3) is 6.42. The van der Waals surface area contributed by atoms with Crippen molar-refractivity contribution < 1.29 is 89.5 Å². The fourth-order valence-electron chi connectivity index (χ4n) is 4.12. The van der Waals surface area contributed by atoms with Gasteiger partial charge in [0.25, 0.3) is 0 Å². The predicted octanol–water partition coefficient (Wildman–Crippen LogP) is -0.277. The van der Waals surface area contributed by atoms with E-state index in [9.17, 15) is 70.6 Å². The summed E-state index contributed by atoms with van der Waals surface area (Å²) in [6, 6.07) is 3.97. The molecule has 45 heavy (non-hydrogen) atoms. The summed E-state index contributed by atoms with van der Waals surface area (Å²) in [5.41, 5.74) is -1.83. The zero-order valence-corrected chi connectivity index (χ0v) is 22.3. The molecule has 1 aliphatic rings. The lowest BCUT2D eigenvalue weighted by Crippen LogP contribution is -2.62. The van der Waals surface area contributed by atoms with Gasteiger partial charge in [0.2, 0.25) is 12.4 Å². The first kappa shape index (κ1) is 32.1. The quantitative estimate of drug-likeness (QED) is 0.0902. The first-order chi connectivity index (χ1) is 21.1. The SMILES string of the molecule is O=C(OC1OC(CO)C(O)C(OC(=O)c2cc(O)c(O)c(O)c2)C1OC(=O)c1cc(O)c(O)c(O)c1)c1cc(O)c(O)c(O)c1. The van der Waals surface area contributed by atoms with Gasteiger partial charge in [-0.25, -0.2) is 14.4 Å². The Bertz CT molecular complexity index is 1580. The van der Waals surface area contributed by atoms with E-state index in [0.29, 0.717) is 36.4 Å². The van der Waals surface area contributed by atoms with Gasteiger partial charge in [0, 0.05) is 0 Å². The van der Waals surface area contributed by atoms with Crippen LogP contribution in [-0.4, -0.2) is 111 Å². The summed E-state index contributed by atoms with van der Waals surface area (Å²) in [5, 5.41) is 108. The maximum absolute atomic E-state index is 13.1. The monoisotopic (exact) mass is 636 g/mol. The number of phenols is 9. The van der Waals surface area contributed by atoms with Crippen LogP contribution in [0.4, 0.5) is 0 Å². The molecule has 5 atom stereocenters. The Morgan fingerprint density at radius 3 is 1.20 bits per heavy atom. The Balaban J connectivity index is 1.74. The second kappa shape index (κ2) is 12.4. The zero-order valence-electron chi connectivity index (χ0n) is 22.3. The molecule has 4 rings (SSSR count). The van der Waals surface area contributed by atoms with E-state index in [0.717, 1.165) is 0 Å². The number of aromatic hydroxyl groups is 9. The molecule has 0 aliphatic carbocycles. The summed E-state index contributed by atoms with van der Waals surface area (Å²) in [5.74, 6) is -13.0. The number of benzene rings is 3. The van der Waals surface area contributed by atoms with Crippen LogP contribution in [0.25, 0.3) is 0 Å². The van der Waals surface area contributed by atoms with Crippen molar-refractivity contribution in [3.8, 4) is 51.7 Å². The van der Waals surface area contributed by atoms with Crippen molar-refractivity contribution in [3.05, 3.63) is 53.1 Å². The Labute approximate surface area is 249 Å². The highest BCUT2D eigenvalue weighted by atomic mass is 16.7. The van der Waals surface area contributed by atoms with Gasteiger partial charge in [0.15, 0.2) is 57.8 Å². The van der Waals surface area contributed by atoms with Crippen LogP contribution in [0.1, 0.15) is 31.1 Å². The predicted molar refractivity (Wildman–Crippen MR) is 140 cm³/mol. The Morgan fingerprint density at radius 1 is 0.556 bits per heavy atom. The highest BCUT2D eigenvalue weighted by Crippen LogP contribution is 2.39. The third-order valence-electron chi connectivity index (χ3n) is 6.42. The zero-order chi connectivity index (χ0) is 33.3. The average Bonchev–Trinajstić information content (AvgIpc) is 2.99. The molecule has 0 saturated carbocycles. The Morgan fingerprint density at radius 2 is 0.867 bits per heavy atom. The van der Waals surface area contributed by atoms with Crippen molar-refractivity contribution >= 4 is 17.9 Å². The van der Waals surface area contributed by atoms with Crippen LogP contribution in [0.15, 0.2) is 36.4 Å². The van der Waals surface area contributed by atoms with Crippen LogP contribution in [0.2, 0.25) is 0 Å². The van der Waals surface area contributed by atoms with Crippen LogP contribution in [0.5, 0.6) is 51.7 Å². The van der Waals surface area contributed by atoms with Crippen LogP contribution < -0.4 is 0 Å². The topological polar surface area (TPSA) is 311 Å². The second-order valence-electron chi connectivity index (χ2n) is 9.45. The van der Waals surface area contributed by atoms with Crippen LogP contribution in [0, 0.1) is 0 Å². The fourth-order valence-corrected chi connectivity index (χ4v) is 4.12. The molecule has 0 aromatic heterocycles. The van der Waals surface area contributed by atoms with Crippen LogP contribution in [0.3, 0.4) is 0 Å². The lowest BCUT2D eigenvalue weighted by atomic mass is 9.98. The van der Waals surface area contributed by atoms with E-state index >= 15 is 0 Å². The van der Waals surface area contributed by atoms with Gasteiger partial charge < -0.3 is 75.1 Å². The number of hydrogen-bond donors (Lipinski definition) is 11. The largest absolute Gasteiger partial charge is 0.504 e. The Kier molecular flexibility index (Phi) is 8.84. The Hall–Kier alpha value is -5.85. The number of esters is 3. The van der Waals surface area contributed by atoms with Gasteiger partial charge in [-0.05, 0) is 36.4 Å². The lowest BCUT2D eigenvalue weighted by Gasteiger charge is -2.42. The molecule has 3 aromatic carbocycles. The molecule has 1 aliphatic heterocycles. The average molecular weight is 636 g/mol. The van der Waals surface area contributed by atoms with Crippen molar-refractivity contribution in [2.45, 2.75) is 30.7 Å². The maximum Gasteiger partial charge on any atom is 0.340 e. The van der Waals surface area contributed by atoms with Crippen molar-refractivity contribution in [2.75, 3.05) is 6.61 Å². The molecule has 11 N–H and O–H groups in total.